The monoisotopic (exact) mass is 550 g/mol. The number of aromatic nitrogens is 1. The lowest BCUT2D eigenvalue weighted by Gasteiger charge is -2.30. The molecule has 1 aromatic heterocycles. The normalized spacial score (nSPS) is 14.6. The number of nitrogens with zero attached hydrogens (tertiary/aromatic N) is 3. The third-order valence-electron chi connectivity index (χ3n) is 6.78. The van der Waals surface area contributed by atoms with E-state index < -0.39 is 0 Å². The van der Waals surface area contributed by atoms with E-state index in [0.29, 0.717) is 11.1 Å². The van der Waals surface area contributed by atoms with Gasteiger partial charge in [0.05, 0.1) is 17.3 Å². The van der Waals surface area contributed by atoms with Gasteiger partial charge in [-0.25, -0.2) is 0 Å². The van der Waals surface area contributed by atoms with Gasteiger partial charge in [-0.05, 0) is 74.3 Å². The Morgan fingerprint density at radius 2 is 1.46 bits per heavy atom. The van der Waals surface area contributed by atoms with Gasteiger partial charge in [-0.15, -0.1) is 0 Å². The number of rotatable bonds is 8. The van der Waals surface area contributed by atoms with Gasteiger partial charge in [0.15, 0.2) is 0 Å². The van der Waals surface area contributed by atoms with Crippen molar-refractivity contribution in [2.75, 3.05) is 31.5 Å². The summed E-state index contributed by atoms with van der Waals surface area (Å²) in [6, 6.07) is 24.0. The van der Waals surface area contributed by atoms with E-state index in [9.17, 15) is 0 Å². The van der Waals surface area contributed by atoms with Crippen LogP contribution in [0.3, 0.4) is 0 Å². The van der Waals surface area contributed by atoms with Crippen LogP contribution in [0, 0.1) is 0 Å². The third-order valence-corrected chi connectivity index (χ3v) is 7.51. The Kier molecular flexibility index (Phi) is 8.62. The molecule has 1 fully saturated rings. The van der Waals surface area contributed by atoms with Crippen molar-refractivity contribution in [2.45, 2.75) is 25.3 Å². The molecule has 4 nitrogen and oxygen atoms in total. The van der Waals surface area contributed by atoms with Crippen LogP contribution in [0.15, 0.2) is 84.0 Å². The maximum Gasteiger partial charge on any atom is 0.0737 e. The Labute approximate surface area is 233 Å². The smallest absolute Gasteiger partial charge is 0.0737 e. The SMILES string of the molecule is Clc1ccc(C(=NC2CCN(CCCNc3ccnc4cc(Cl)ccc34)CC2)c2ccc(Cl)cc2)cc1. The number of hydrogen-bond acceptors (Lipinski definition) is 4. The molecule has 3 aromatic carbocycles. The number of benzene rings is 3. The molecule has 0 saturated carbocycles. The highest BCUT2D eigenvalue weighted by Crippen LogP contribution is 2.25. The first-order chi connectivity index (χ1) is 18.0. The van der Waals surface area contributed by atoms with Crippen molar-refractivity contribution in [2.24, 2.45) is 4.99 Å². The van der Waals surface area contributed by atoms with Crippen LogP contribution in [0.5, 0.6) is 0 Å². The average Bonchev–Trinajstić information content (AvgIpc) is 2.91. The Morgan fingerprint density at radius 1 is 0.838 bits per heavy atom. The van der Waals surface area contributed by atoms with E-state index in [0.717, 1.165) is 88.9 Å². The molecule has 0 spiro atoms. The molecule has 1 aliphatic rings. The fourth-order valence-electron chi connectivity index (χ4n) is 4.79. The molecule has 0 unspecified atom stereocenters. The van der Waals surface area contributed by atoms with Crippen molar-refractivity contribution >= 4 is 57.1 Å². The lowest BCUT2D eigenvalue weighted by molar-refractivity contribution is 0.213. The van der Waals surface area contributed by atoms with Gasteiger partial charge in [0.1, 0.15) is 0 Å². The molecule has 7 heteroatoms. The number of likely N-dealkylation sites (tertiary alicyclic amines) is 1. The number of fused-ring (bicyclic) bond motifs is 1. The van der Waals surface area contributed by atoms with Crippen molar-refractivity contribution in [3.05, 3.63) is 105 Å². The number of halogens is 3. The maximum atomic E-state index is 6.13. The highest BCUT2D eigenvalue weighted by molar-refractivity contribution is 6.31. The molecule has 0 amide bonds. The minimum Gasteiger partial charge on any atom is -0.384 e. The topological polar surface area (TPSA) is 40.5 Å². The summed E-state index contributed by atoms with van der Waals surface area (Å²) in [7, 11) is 0. The van der Waals surface area contributed by atoms with Crippen LogP contribution in [-0.2, 0) is 0 Å². The molecular formula is C30H29Cl3N4. The van der Waals surface area contributed by atoms with Crippen LogP contribution in [0.2, 0.25) is 15.1 Å². The van der Waals surface area contributed by atoms with Gasteiger partial charge < -0.3 is 10.2 Å². The second-order valence-corrected chi connectivity index (χ2v) is 10.7. The summed E-state index contributed by atoms with van der Waals surface area (Å²) in [6.07, 6.45) is 5.00. The van der Waals surface area contributed by atoms with E-state index in [1.165, 1.54) is 0 Å². The molecule has 1 N–H and O–H groups in total. The molecule has 0 bridgehead atoms. The van der Waals surface area contributed by atoms with E-state index in [-0.39, 0.29) is 0 Å². The molecule has 0 atom stereocenters. The molecule has 0 radical (unpaired) electrons. The molecule has 4 aromatic rings. The third kappa shape index (κ3) is 6.82. The quantitative estimate of drug-likeness (QED) is 0.178. The summed E-state index contributed by atoms with van der Waals surface area (Å²) in [6.45, 7) is 4.09. The zero-order chi connectivity index (χ0) is 25.6. The van der Waals surface area contributed by atoms with E-state index in [1.54, 1.807) is 0 Å². The van der Waals surface area contributed by atoms with Gasteiger partial charge in [0, 0.05) is 63.1 Å². The summed E-state index contributed by atoms with van der Waals surface area (Å²) in [5, 5.41) is 6.83. The van der Waals surface area contributed by atoms with Crippen LogP contribution in [0.1, 0.15) is 30.4 Å². The van der Waals surface area contributed by atoms with Crippen molar-refractivity contribution in [3.8, 4) is 0 Å². The molecule has 37 heavy (non-hydrogen) atoms. The first-order valence-corrected chi connectivity index (χ1v) is 13.8. The van der Waals surface area contributed by atoms with E-state index >= 15 is 0 Å². The lowest BCUT2D eigenvalue weighted by atomic mass is 10.00. The van der Waals surface area contributed by atoms with Crippen molar-refractivity contribution in [1.29, 1.82) is 0 Å². The largest absolute Gasteiger partial charge is 0.384 e. The van der Waals surface area contributed by atoms with Crippen LogP contribution in [0.4, 0.5) is 5.69 Å². The molecule has 1 aliphatic heterocycles. The summed E-state index contributed by atoms with van der Waals surface area (Å²) >= 11 is 18.4. The predicted octanol–water partition coefficient (Wildman–Crippen LogP) is 8.00. The number of hydrogen-bond donors (Lipinski definition) is 1. The number of anilines is 1. The van der Waals surface area contributed by atoms with Crippen molar-refractivity contribution < 1.29 is 0 Å². The molecule has 2 heterocycles. The summed E-state index contributed by atoms with van der Waals surface area (Å²) in [5.74, 6) is 0. The standard InChI is InChI=1S/C30H29Cl3N4/c31-23-6-2-21(3-7-23)30(22-4-8-24(32)9-5-22)36-26-13-18-37(19-14-26)17-1-15-34-28-12-16-35-29-20-25(33)10-11-27(28)29/h2-12,16,20,26H,1,13-15,17-19H2,(H,34,35). The Balaban J connectivity index is 1.16. The Bertz CT molecular complexity index is 1310. The van der Waals surface area contributed by atoms with Crippen LogP contribution >= 0.6 is 34.8 Å². The number of nitrogens with one attached hydrogen (secondary N) is 1. The van der Waals surface area contributed by atoms with Crippen LogP contribution < -0.4 is 5.32 Å². The maximum absolute atomic E-state index is 6.13. The first-order valence-electron chi connectivity index (χ1n) is 12.7. The summed E-state index contributed by atoms with van der Waals surface area (Å²) in [5.41, 5.74) is 5.17. The Morgan fingerprint density at radius 3 is 2.11 bits per heavy atom. The minimum absolute atomic E-state index is 0.297. The van der Waals surface area contributed by atoms with Gasteiger partial charge in [-0.3, -0.25) is 9.98 Å². The predicted molar refractivity (Wildman–Crippen MR) is 158 cm³/mol. The fourth-order valence-corrected chi connectivity index (χ4v) is 5.21. The van der Waals surface area contributed by atoms with Crippen LogP contribution in [0.25, 0.3) is 10.9 Å². The summed E-state index contributed by atoms with van der Waals surface area (Å²) < 4.78 is 0. The molecule has 5 rings (SSSR count). The minimum atomic E-state index is 0.297. The number of piperidine rings is 1. The second-order valence-electron chi connectivity index (χ2n) is 9.36. The van der Waals surface area contributed by atoms with Crippen molar-refractivity contribution in [1.82, 2.24) is 9.88 Å². The van der Waals surface area contributed by atoms with Gasteiger partial charge in [0.25, 0.3) is 0 Å². The molecule has 0 aliphatic carbocycles. The van der Waals surface area contributed by atoms with E-state index in [1.807, 2.05) is 79.0 Å². The van der Waals surface area contributed by atoms with Gasteiger partial charge in [-0.2, -0.15) is 0 Å². The lowest BCUT2D eigenvalue weighted by Crippen LogP contribution is -2.36. The molecular weight excluding hydrogens is 523 g/mol. The summed E-state index contributed by atoms with van der Waals surface area (Å²) in [4.78, 5) is 12.2. The first kappa shape index (κ1) is 26.0. The zero-order valence-corrected chi connectivity index (χ0v) is 22.8. The fraction of sp³-hybridized carbons (Fsp3) is 0.267. The zero-order valence-electron chi connectivity index (χ0n) is 20.5. The van der Waals surface area contributed by atoms with Gasteiger partial charge in [-0.1, -0.05) is 59.1 Å². The second kappa shape index (κ2) is 12.3. The Hall–Kier alpha value is -2.63. The number of pyridine rings is 1. The van der Waals surface area contributed by atoms with E-state index in [4.69, 9.17) is 39.8 Å². The highest BCUT2D eigenvalue weighted by atomic mass is 35.5. The van der Waals surface area contributed by atoms with E-state index in [2.05, 4.69) is 15.2 Å². The highest BCUT2D eigenvalue weighted by Gasteiger charge is 2.20. The molecule has 1 saturated heterocycles. The van der Waals surface area contributed by atoms with Gasteiger partial charge >= 0.3 is 0 Å². The average molecular weight is 552 g/mol. The van der Waals surface area contributed by atoms with Crippen LogP contribution in [-0.4, -0.2) is 47.8 Å². The van der Waals surface area contributed by atoms with Gasteiger partial charge in [0.2, 0.25) is 0 Å². The number of aliphatic imine (C=N–C) groups is 1. The van der Waals surface area contributed by atoms with Crippen molar-refractivity contribution in [3.63, 3.8) is 0 Å². The molecule has 190 valence electrons.